The van der Waals surface area contributed by atoms with Gasteiger partial charge < -0.3 is 54.6 Å². The molecule has 3 aromatic carbocycles. The van der Waals surface area contributed by atoms with Gasteiger partial charge in [0.2, 0.25) is 0 Å². The van der Waals surface area contributed by atoms with E-state index in [1.807, 2.05) is 0 Å². The standard InChI is InChI=1S/C32H32N2O12.4Na/c1-17-7-21(9-19(29(17)43)11-33(13-25(35)36)14-26(37)38)32(24-6-4-3-5-23(24)31(45)46-32)22-8-18(2)30(44)20(10-22)12-34(15-27(39)40)16-28(41)42;;;;/h3-10,43-44H,11-16H2,1-2H3,(H,35,36)(H,37,38)(H,39,40)(H,41,42);;;;/q;4*+1/p-4. The summed E-state index contributed by atoms with van der Waals surface area (Å²) in [4.78, 5) is 60.5. The molecule has 1 aliphatic rings. The summed E-state index contributed by atoms with van der Waals surface area (Å²) in [6, 6.07) is 12.3. The third-order valence-electron chi connectivity index (χ3n) is 7.54. The van der Waals surface area contributed by atoms with E-state index in [2.05, 4.69) is 0 Å². The van der Waals surface area contributed by atoms with Crippen molar-refractivity contribution in [2.24, 2.45) is 0 Å². The number of aryl methyl sites for hydroxylation is 2. The molecule has 1 aliphatic heterocycles. The normalized spacial score (nSPS) is 12.4. The van der Waals surface area contributed by atoms with Crippen LogP contribution < -0.4 is 139 Å². The van der Waals surface area contributed by atoms with Gasteiger partial charge in [-0.25, -0.2) is 4.79 Å². The number of carbonyl (C=O) groups excluding carboxylic acids is 5. The zero-order valence-electron chi connectivity index (χ0n) is 28.7. The third-order valence-corrected chi connectivity index (χ3v) is 7.54. The van der Waals surface area contributed by atoms with Crippen molar-refractivity contribution in [1.29, 1.82) is 0 Å². The van der Waals surface area contributed by atoms with Crippen LogP contribution in [-0.2, 0) is 42.6 Å². The Hall–Kier alpha value is -1.47. The van der Waals surface area contributed by atoms with E-state index >= 15 is 0 Å². The summed E-state index contributed by atoms with van der Waals surface area (Å²) in [7, 11) is 0. The van der Waals surface area contributed by atoms with Crippen LogP contribution in [-0.4, -0.2) is 76.0 Å². The summed E-state index contributed by atoms with van der Waals surface area (Å²) < 4.78 is 6.11. The third kappa shape index (κ3) is 11.3. The molecule has 0 saturated carbocycles. The van der Waals surface area contributed by atoms with E-state index in [0.29, 0.717) is 5.56 Å². The molecule has 50 heavy (non-hydrogen) atoms. The number of nitrogens with zero attached hydrogens (tertiary/aromatic N) is 2. The van der Waals surface area contributed by atoms with E-state index in [9.17, 15) is 54.6 Å². The number of ether oxygens (including phenoxy) is 1. The molecular formula is C32H28N2Na4O12. The molecule has 0 amide bonds. The molecule has 0 saturated heterocycles. The van der Waals surface area contributed by atoms with Crippen molar-refractivity contribution in [2.75, 3.05) is 26.2 Å². The molecule has 0 fully saturated rings. The Kier molecular flexibility index (Phi) is 20.1. The number of hydrogen-bond acceptors (Lipinski definition) is 14. The average Bonchev–Trinajstić information content (AvgIpc) is 3.25. The Bertz CT molecular complexity index is 1630. The molecule has 18 heteroatoms. The molecular weight excluding hydrogens is 696 g/mol. The number of phenolic OH excluding ortho intramolecular Hbond substituents is 2. The van der Waals surface area contributed by atoms with Gasteiger partial charge >= 0.3 is 124 Å². The minimum absolute atomic E-state index is 0. The van der Waals surface area contributed by atoms with E-state index < -0.39 is 61.6 Å². The molecule has 14 nitrogen and oxygen atoms in total. The first-order valence-electron chi connectivity index (χ1n) is 13.8. The molecule has 0 unspecified atom stereocenters. The van der Waals surface area contributed by atoms with Crippen molar-refractivity contribution in [3.8, 4) is 11.5 Å². The van der Waals surface area contributed by atoms with Gasteiger partial charge in [-0.15, -0.1) is 0 Å². The maximum Gasteiger partial charge on any atom is 1.00 e. The van der Waals surface area contributed by atoms with Crippen LogP contribution >= 0.6 is 0 Å². The zero-order chi connectivity index (χ0) is 33.9. The van der Waals surface area contributed by atoms with Crippen LogP contribution in [0.25, 0.3) is 0 Å². The van der Waals surface area contributed by atoms with Gasteiger partial charge in [0, 0.05) is 67.1 Å². The summed E-state index contributed by atoms with van der Waals surface area (Å²) >= 11 is 0. The van der Waals surface area contributed by atoms with E-state index in [0.717, 1.165) is 9.80 Å². The van der Waals surface area contributed by atoms with Crippen molar-refractivity contribution < 1.29 is 178 Å². The Morgan fingerprint density at radius 1 is 0.660 bits per heavy atom. The van der Waals surface area contributed by atoms with E-state index in [1.165, 1.54) is 44.2 Å². The number of aromatic hydroxyl groups is 2. The summed E-state index contributed by atoms with van der Waals surface area (Å²) in [5, 5.41) is 67.2. The van der Waals surface area contributed by atoms with Gasteiger partial charge in [0.1, 0.15) is 11.5 Å². The van der Waals surface area contributed by atoms with Crippen LogP contribution in [0.1, 0.15) is 49.3 Å². The number of carbonyl (C=O) groups is 5. The molecule has 4 rings (SSSR count). The van der Waals surface area contributed by atoms with Crippen molar-refractivity contribution in [2.45, 2.75) is 32.5 Å². The second-order valence-corrected chi connectivity index (χ2v) is 11.0. The molecule has 0 radical (unpaired) electrons. The molecule has 0 spiro atoms. The van der Waals surface area contributed by atoms with Crippen molar-refractivity contribution >= 4 is 29.8 Å². The van der Waals surface area contributed by atoms with E-state index in [-0.39, 0.29) is 182 Å². The molecule has 0 aromatic heterocycles. The maximum absolute atomic E-state index is 13.3. The van der Waals surface area contributed by atoms with Crippen LogP contribution in [0.5, 0.6) is 11.5 Å². The molecule has 3 aromatic rings. The smallest absolute Gasteiger partial charge is 0.549 e. The quantitative estimate of drug-likeness (QED) is 0.116. The minimum atomic E-state index is -1.75. The van der Waals surface area contributed by atoms with Gasteiger partial charge in [-0.3, -0.25) is 9.80 Å². The summed E-state index contributed by atoms with van der Waals surface area (Å²) in [6.45, 7) is -0.881. The molecule has 0 bridgehead atoms. The molecule has 0 aliphatic carbocycles. The van der Waals surface area contributed by atoms with Gasteiger partial charge in [0.05, 0.1) is 29.4 Å². The number of carboxylic acids is 4. The van der Waals surface area contributed by atoms with Crippen LogP contribution in [0.4, 0.5) is 0 Å². The topological polar surface area (TPSA) is 234 Å². The Morgan fingerprint density at radius 3 is 1.38 bits per heavy atom. The van der Waals surface area contributed by atoms with Gasteiger partial charge in [0.25, 0.3) is 0 Å². The van der Waals surface area contributed by atoms with Gasteiger partial charge in [0.15, 0.2) is 5.60 Å². The van der Waals surface area contributed by atoms with E-state index in [4.69, 9.17) is 4.74 Å². The second-order valence-electron chi connectivity index (χ2n) is 11.0. The number of esters is 1. The van der Waals surface area contributed by atoms with Crippen LogP contribution in [0.3, 0.4) is 0 Å². The largest absolute Gasteiger partial charge is 1.00 e. The van der Waals surface area contributed by atoms with Crippen molar-refractivity contribution in [3.05, 3.63) is 93.0 Å². The predicted octanol–water partition coefficient (Wildman–Crippen LogP) is -15.2. The minimum Gasteiger partial charge on any atom is -0.549 e. The number of hydrogen-bond donors (Lipinski definition) is 2. The number of cyclic esters (lactones) is 1. The van der Waals surface area contributed by atoms with E-state index in [1.54, 1.807) is 18.2 Å². The van der Waals surface area contributed by atoms with Crippen LogP contribution in [0, 0.1) is 13.8 Å². The monoisotopic (exact) mass is 724 g/mol. The summed E-state index contributed by atoms with van der Waals surface area (Å²) in [5.41, 5.74) is 0.00509. The fourth-order valence-corrected chi connectivity index (χ4v) is 5.71. The number of fused-ring (bicyclic) bond motifs is 1. The van der Waals surface area contributed by atoms with Crippen molar-refractivity contribution in [1.82, 2.24) is 9.80 Å². The SMILES string of the molecule is Cc1cc(C2(c3cc(C)c(O)c(CN(CC(=O)[O-])CC(=O)[O-])c3)OC(=O)c3ccccc32)cc(CN(CC(=O)[O-])CC(=O)[O-])c1O.[Na+].[Na+].[Na+].[Na+]. The first-order valence-corrected chi connectivity index (χ1v) is 13.8. The average molecular weight is 725 g/mol. The molecule has 242 valence electrons. The Labute approximate surface area is 376 Å². The summed E-state index contributed by atoms with van der Waals surface area (Å²) in [6.07, 6.45) is 0. The summed E-state index contributed by atoms with van der Waals surface area (Å²) in [5.74, 6) is -7.54. The number of phenols is 2. The number of benzene rings is 3. The van der Waals surface area contributed by atoms with Crippen LogP contribution in [0.15, 0.2) is 48.5 Å². The van der Waals surface area contributed by atoms with Gasteiger partial charge in [-0.2, -0.15) is 0 Å². The molecule has 1 heterocycles. The van der Waals surface area contributed by atoms with Crippen LogP contribution in [0.2, 0.25) is 0 Å². The number of carboxylic acid groups (broad SMARTS) is 4. The molecule has 2 N–H and O–H groups in total. The van der Waals surface area contributed by atoms with Gasteiger partial charge in [-0.1, -0.05) is 18.2 Å². The second kappa shape index (κ2) is 20.7. The predicted molar refractivity (Wildman–Crippen MR) is 148 cm³/mol. The zero-order valence-corrected chi connectivity index (χ0v) is 36.7. The maximum atomic E-state index is 13.3. The number of rotatable bonds is 14. The first kappa shape index (κ1) is 48.5. The fraction of sp³-hybridized carbons (Fsp3) is 0.281. The Morgan fingerprint density at radius 2 is 1.02 bits per heavy atom. The Balaban J connectivity index is 0.00000600. The van der Waals surface area contributed by atoms with Gasteiger partial charge in [-0.05, 0) is 55.3 Å². The van der Waals surface area contributed by atoms with Crippen molar-refractivity contribution in [3.63, 3.8) is 0 Å². The fourth-order valence-electron chi connectivity index (χ4n) is 5.71. The first-order chi connectivity index (χ1) is 21.6. The number of aliphatic carboxylic acids is 4. The molecule has 0 atom stereocenters.